The fraction of sp³-hybridized carbons (Fsp3) is 0.364. The maximum Gasteiger partial charge on any atom is 0.358 e. The molecule has 0 saturated heterocycles. The third-order valence-electron chi connectivity index (χ3n) is 2.34. The van der Waals surface area contributed by atoms with Crippen molar-refractivity contribution in [2.75, 3.05) is 13.2 Å². The predicted octanol–water partition coefficient (Wildman–Crippen LogP) is 1.12. The summed E-state index contributed by atoms with van der Waals surface area (Å²) in [6.07, 6.45) is 0. The van der Waals surface area contributed by atoms with Crippen molar-refractivity contribution in [1.29, 1.82) is 0 Å². The highest BCUT2D eigenvalue weighted by Gasteiger charge is 2.32. The molecule has 0 spiro atoms. The number of amides is 1. The van der Waals surface area contributed by atoms with Crippen LogP contribution in [0.2, 0.25) is 0 Å². The Morgan fingerprint density at radius 2 is 1.95 bits per heavy atom. The summed E-state index contributed by atoms with van der Waals surface area (Å²) in [5, 5.41) is 9.54. The van der Waals surface area contributed by atoms with Crippen molar-refractivity contribution >= 4 is 13.5 Å². The highest BCUT2D eigenvalue weighted by Crippen LogP contribution is 2.52. The average molecular weight is 289 g/mol. The molecule has 0 aromatic heterocycles. The van der Waals surface area contributed by atoms with Crippen LogP contribution in [0.5, 0.6) is 0 Å². The molecule has 1 amide bonds. The minimum atomic E-state index is -4.57. The van der Waals surface area contributed by atoms with Crippen LogP contribution in [0.15, 0.2) is 30.3 Å². The SMILES string of the molecule is CCN(O)C(=O)COC(c1ccccc1)P(=O)(O)O. The highest BCUT2D eigenvalue weighted by molar-refractivity contribution is 7.52. The van der Waals surface area contributed by atoms with E-state index in [1.807, 2.05) is 0 Å². The number of nitrogens with zero attached hydrogens (tertiary/aromatic N) is 1. The summed E-state index contributed by atoms with van der Waals surface area (Å²) in [6.45, 7) is 0.999. The first-order valence-electron chi connectivity index (χ1n) is 5.57. The normalized spacial score (nSPS) is 13.1. The second-order valence-corrected chi connectivity index (χ2v) is 5.42. The molecule has 0 aliphatic carbocycles. The maximum absolute atomic E-state index is 11.4. The lowest BCUT2D eigenvalue weighted by Crippen LogP contribution is -2.31. The number of ether oxygens (including phenoxy) is 1. The number of carbonyl (C=O) groups is 1. The van der Waals surface area contributed by atoms with Gasteiger partial charge in [0.05, 0.1) is 0 Å². The van der Waals surface area contributed by atoms with Crippen molar-refractivity contribution in [1.82, 2.24) is 5.06 Å². The second-order valence-electron chi connectivity index (χ2n) is 3.77. The van der Waals surface area contributed by atoms with Gasteiger partial charge in [-0.15, -0.1) is 0 Å². The first-order chi connectivity index (χ1) is 8.86. The van der Waals surface area contributed by atoms with Crippen LogP contribution < -0.4 is 0 Å². The largest absolute Gasteiger partial charge is 0.358 e. The Morgan fingerprint density at radius 1 is 1.37 bits per heavy atom. The van der Waals surface area contributed by atoms with Gasteiger partial charge in [-0.3, -0.25) is 14.6 Å². The minimum Gasteiger partial charge on any atom is -0.351 e. The van der Waals surface area contributed by atoms with Crippen LogP contribution in [0.4, 0.5) is 0 Å². The molecule has 106 valence electrons. The van der Waals surface area contributed by atoms with E-state index >= 15 is 0 Å². The first-order valence-corrected chi connectivity index (χ1v) is 7.25. The molecule has 0 saturated carbocycles. The number of hydrogen-bond acceptors (Lipinski definition) is 4. The Labute approximate surface area is 110 Å². The van der Waals surface area contributed by atoms with Gasteiger partial charge in [0.25, 0.3) is 5.91 Å². The van der Waals surface area contributed by atoms with Crippen LogP contribution in [-0.2, 0) is 14.1 Å². The summed E-state index contributed by atoms with van der Waals surface area (Å²) < 4.78 is 16.3. The van der Waals surface area contributed by atoms with Gasteiger partial charge in [0.1, 0.15) is 6.61 Å². The van der Waals surface area contributed by atoms with Crippen LogP contribution in [0, 0.1) is 0 Å². The number of likely N-dealkylation sites (N-methyl/N-ethyl adjacent to an activating group) is 1. The lowest BCUT2D eigenvalue weighted by atomic mass is 10.2. The number of hydrogen-bond donors (Lipinski definition) is 3. The maximum atomic E-state index is 11.4. The number of benzene rings is 1. The molecular formula is C11H16NO6P. The molecule has 1 aromatic carbocycles. The quantitative estimate of drug-likeness (QED) is 0.411. The van der Waals surface area contributed by atoms with Crippen molar-refractivity contribution in [3.8, 4) is 0 Å². The number of hydroxylamine groups is 2. The van der Waals surface area contributed by atoms with Crippen LogP contribution in [0.3, 0.4) is 0 Å². The summed E-state index contributed by atoms with van der Waals surface area (Å²) in [5.74, 6) is -2.29. The van der Waals surface area contributed by atoms with E-state index in [4.69, 9.17) is 9.94 Å². The Morgan fingerprint density at radius 3 is 2.42 bits per heavy atom. The van der Waals surface area contributed by atoms with E-state index in [1.165, 1.54) is 12.1 Å². The molecule has 0 heterocycles. The van der Waals surface area contributed by atoms with Gasteiger partial charge in [0.2, 0.25) is 0 Å². The van der Waals surface area contributed by atoms with Crippen molar-refractivity contribution in [3.63, 3.8) is 0 Å². The lowest BCUT2D eigenvalue weighted by molar-refractivity contribution is -0.170. The van der Waals surface area contributed by atoms with Crippen molar-refractivity contribution < 1.29 is 29.1 Å². The molecule has 1 unspecified atom stereocenters. The van der Waals surface area contributed by atoms with Gasteiger partial charge in [-0.1, -0.05) is 30.3 Å². The zero-order chi connectivity index (χ0) is 14.5. The minimum absolute atomic E-state index is 0.0636. The zero-order valence-corrected chi connectivity index (χ0v) is 11.2. The third-order valence-corrected chi connectivity index (χ3v) is 3.40. The molecule has 1 aromatic rings. The Kier molecular flexibility index (Phi) is 5.65. The van der Waals surface area contributed by atoms with E-state index in [0.717, 1.165) is 0 Å². The van der Waals surface area contributed by atoms with E-state index in [9.17, 15) is 19.1 Å². The molecule has 3 N–H and O–H groups in total. The molecule has 7 nitrogen and oxygen atoms in total. The van der Waals surface area contributed by atoms with E-state index in [1.54, 1.807) is 25.1 Å². The van der Waals surface area contributed by atoms with Crippen molar-refractivity contribution in [3.05, 3.63) is 35.9 Å². The van der Waals surface area contributed by atoms with Gasteiger partial charge < -0.3 is 14.5 Å². The van der Waals surface area contributed by atoms with Crippen LogP contribution in [0.1, 0.15) is 18.3 Å². The standard InChI is InChI=1S/C11H16NO6P/c1-2-12(14)10(13)8-18-11(19(15,16)17)9-6-4-3-5-7-9/h3-7,11,14H,2,8H2,1H3,(H2,15,16,17). The van der Waals surface area contributed by atoms with Gasteiger partial charge in [0, 0.05) is 6.54 Å². The number of carbonyl (C=O) groups excluding carboxylic acids is 1. The smallest absolute Gasteiger partial charge is 0.351 e. The van der Waals surface area contributed by atoms with E-state index in [-0.39, 0.29) is 12.1 Å². The molecule has 1 rings (SSSR count). The van der Waals surface area contributed by atoms with E-state index < -0.39 is 26.0 Å². The molecule has 1 atom stereocenters. The average Bonchev–Trinajstić information content (AvgIpc) is 2.37. The molecule has 0 aliphatic rings. The summed E-state index contributed by atoms with van der Waals surface area (Å²) in [7, 11) is -4.57. The zero-order valence-electron chi connectivity index (χ0n) is 10.3. The Bertz CT molecular complexity index is 460. The van der Waals surface area contributed by atoms with Gasteiger partial charge in [-0.25, -0.2) is 5.06 Å². The van der Waals surface area contributed by atoms with Crippen molar-refractivity contribution in [2.45, 2.75) is 12.8 Å². The molecule has 8 heteroatoms. The monoisotopic (exact) mass is 289 g/mol. The van der Waals surface area contributed by atoms with E-state index in [0.29, 0.717) is 5.06 Å². The van der Waals surface area contributed by atoms with Gasteiger partial charge in [-0.05, 0) is 12.5 Å². The van der Waals surface area contributed by atoms with Gasteiger partial charge in [-0.2, -0.15) is 0 Å². The summed E-state index contributed by atoms with van der Waals surface area (Å²) in [6, 6.07) is 7.88. The fourth-order valence-corrected chi connectivity index (χ4v) is 2.24. The molecule has 0 bridgehead atoms. The topological polar surface area (TPSA) is 107 Å². The highest BCUT2D eigenvalue weighted by atomic mass is 31.2. The molecule has 0 aliphatic heterocycles. The summed E-state index contributed by atoms with van der Waals surface area (Å²) in [4.78, 5) is 29.8. The molecule has 0 fully saturated rings. The van der Waals surface area contributed by atoms with Crippen LogP contribution in [0.25, 0.3) is 0 Å². The Balaban J connectivity index is 2.79. The predicted molar refractivity (Wildman–Crippen MR) is 66.4 cm³/mol. The Hall–Kier alpha value is -1.24. The van der Waals surface area contributed by atoms with Crippen LogP contribution >= 0.6 is 7.60 Å². The van der Waals surface area contributed by atoms with Gasteiger partial charge >= 0.3 is 7.60 Å². The first kappa shape index (κ1) is 15.8. The van der Waals surface area contributed by atoms with Gasteiger partial charge in [0.15, 0.2) is 5.85 Å². The summed E-state index contributed by atoms with van der Waals surface area (Å²) in [5.41, 5.74) is 0.268. The summed E-state index contributed by atoms with van der Waals surface area (Å²) >= 11 is 0. The fourth-order valence-electron chi connectivity index (χ4n) is 1.41. The molecule has 19 heavy (non-hydrogen) atoms. The molecular weight excluding hydrogens is 273 g/mol. The third kappa shape index (κ3) is 4.74. The lowest BCUT2D eigenvalue weighted by Gasteiger charge is -2.20. The number of rotatable bonds is 6. The second kappa shape index (κ2) is 6.79. The van der Waals surface area contributed by atoms with Crippen molar-refractivity contribution in [2.24, 2.45) is 0 Å². The molecule has 0 radical (unpaired) electrons. The van der Waals surface area contributed by atoms with E-state index in [2.05, 4.69) is 0 Å². The van der Waals surface area contributed by atoms with Crippen LogP contribution in [-0.4, -0.2) is 39.1 Å².